The summed E-state index contributed by atoms with van der Waals surface area (Å²) in [5.41, 5.74) is 12.4. The molecule has 5 nitrogen and oxygen atoms in total. The highest BCUT2D eigenvalue weighted by Gasteiger charge is 2.21. The van der Waals surface area contributed by atoms with Crippen molar-refractivity contribution in [3.05, 3.63) is 216 Å². The van der Waals surface area contributed by atoms with E-state index in [0.29, 0.717) is 11.7 Å². The number of benzene rings is 8. The minimum Gasteiger partial charge on any atom is -0.456 e. The second-order valence-corrected chi connectivity index (χ2v) is 14.2. The van der Waals surface area contributed by atoms with Crippen LogP contribution in [0.15, 0.2) is 209 Å². The number of aromatic nitrogens is 1. The van der Waals surface area contributed by atoms with Crippen LogP contribution in [-0.4, -0.2) is 16.2 Å². The number of furan rings is 1. The van der Waals surface area contributed by atoms with Gasteiger partial charge in [-0.1, -0.05) is 164 Å². The van der Waals surface area contributed by atoms with Crippen LogP contribution < -0.4 is 0 Å². The quantitative estimate of drug-likeness (QED) is 0.169. The molecule has 264 valence electrons. The van der Waals surface area contributed by atoms with Crippen molar-refractivity contribution in [1.82, 2.24) is 4.57 Å². The minimum absolute atomic E-state index is 0.533. The van der Waals surface area contributed by atoms with E-state index < -0.39 is 6.17 Å². The Morgan fingerprint density at radius 2 is 1.07 bits per heavy atom. The van der Waals surface area contributed by atoms with Gasteiger partial charge in [-0.25, -0.2) is 0 Å². The molecule has 8 aromatic carbocycles. The van der Waals surface area contributed by atoms with Crippen LogP contribution in [0.2, 0.25) is 0 Å². The summed E-state index contributed by atoms with van der Waals surface area (Å²) in [6.45, 7) is 0. The molecule has 0 spiro atoms. The van der Waals surface area contributed by atoms with E-state index in [1.807, 2.05) is 60.7 Å². The average Bonchev–Trinajstić information content (AvgIpc) is 3.82. The first kappa shape index (κ1) is 32.0. The van der Waals surface area contributed by atoms with Crippen molar-refractivity contribution in [2.24, 2.45) is 9.98 Å². The van der Waals surface area contributed by atoms with Crippen molar-refractivity contribution in [2.75, 3.05) is 0 Å². The topological polar surface area (TPSA) is 56.9 Å². The number of para-hydroxylation sites is 1. The van der Waals surface area contributed by atoms with Crippen molar-refractivity contribution >= 4 is 55.4 Å². The number of aliphatic imine (C=N–C) groups is 2. The van der Waals surface area contributed by atoms with Crippen molar-refractivity contribution in [2.45, 2.75) is 6.17 Å². The van der Waals surface area contributed by atoms with Gasteiger partial charge in [-0.15, -0.1) is 0 Å². The first-order valence-electron chi connectivity index (χ1n) is 18.9. The fourth-order valence-corrected chi connectivity index (χ4v) is 8.08. The van der Waals surface area contributed by atoms with E-state index in [0.717, 1.165) is 55.3 Å². The van der Waals surface area contributed by atoms with E-state index >= 15 is 0 Å². The zero-order valence-corrected chi connectivity index (χ0v) is 30.2. The lowest BCUT2D eigenvalue weighted by Crippen LogP contribution is -2.15. The Balaban J connectivity index is 1.07. The Morgan fingerprint density at radius 3 is 1.79 bits per heavy atom. The molecule has 56 heavy (non-hydrogen) atoms. The maximum atomic E-state index is 6.87. The van der Waals surface area contributed by atoms with Gasteiger partial charge in [-0.3, -0.25) is 4.99 Å². The third kappa shape index (κ3) is 5.40. The zero-order valence-electron chi connectivity index (χ0n) is 30.2. The number of amidine groups is 2. The minimum atomic E-state index is -0.533. The maximum absolute atomic E-state index is 6.87. The highest BCUT2D eigenvalue weighted by molar-refractivity contribution is 6.19. The molecule has 0 bridgehead atoms. The van der Waals surface area contributed by atoms with Crippen LogP contribution in [-0.2, 0) is 0 Å². The smallest absolute Gasteiger partial charge is 0.140 e. The second-order valence-electron chi connectivity index (χ2n) is 14.2. The van der Waals surface area contributed by atoms with Crippen LogP contribution >= 0.6 is 0 Å². The number of hydrogen-bond acceptors (Lipinski definition) is 3. The Morgan fingerprint density at radius 1 is 0.446 bits per heavy atom. The van der Waals surface area contributed by atoms with Gasteiger partial charge < -0.3 is 19.3 Å². The van der Waals surface area contributed by atoms with Crippen LogP contribution in [0.5, 0.6) is 0 Å². The van der Waals surface area contributed by atoms with E-state index in [2.05, 4.69) is 138 Å². The number of fused-ring (bicyclic) bond motifs is 6. The number of hydrogen-bond donors (Lipinski definition) is 0. The van der Waals surface area contributed by atoms with Crippen LogP contribution in [0.25, 0.3) is 77.0 Å². The van der Waals surface area contributed by atoms with Crippen molar-refractivity contribution < 1.29 is 4.42 Å². The molecule has 0 fully saturated rings. The van der Waals surface area contributed by atoms with Gasteiger partial charge in [0.15, 0.2) is 0 Å². The Bertz CT molecular complexity index is 3140. The SMILES string of the molecule is c1ccc(C2=NC(c3cccc4c3oc3cc(-n5c6ccc(-c7ccccc7)cc6c6ccc(-c7ccccc7)cc65)ccc34)[N-]C(c3ccccc3)=N2)cc1. The summed E-state index contributed by atoms with van der Waals surface area (Å²) in [4.78, 5) is 10.0. The highest BCUT2D eigenvalue weighted by atomic mass is 16.3. The molecule has 1 aliphatic heterocycles. The van der Waals surface area contributed by atoms with E-state index in [9.17, 15) is 0 Å². The normalized spacial score (nSPS) is 14.2. The Labute approximate surface area is 323 Å². The lowest BCUT2D eigenvalue weighted by molar-refractivity contribution is 0.658. The fraction of sp³-hybridized carbons (Fsp3) is 0.0196. The van der Waals surface area contributed by atoms with Crippen molar-refractivity contribution in [3.63, 3.8) is 0 Å². The van der Waals surface area contributed by atoms with Crippen molar-refractivity contribution in [1.29, 1.82) is 0 Å². The van der Waals surface area contributed by atoms with Crippen molar-refractivity contribution in [3.8, 4) is 27.9 Å². The molecule has 5 heteroatoms. The summed E-state index contributed by atoms with van der Waals surface area (Å²) in [6, 6.07) is 67.8. The maximum Gasteiger partial charge on any atom is 0.140 e. The standard InChI is InChI=1S/C51H33N4O/c1-5-14-33(15-6-1)37-25-29-45-44(30-37)40-27-24-38(34-16-7-2-8-17-34)31-46(40)55(45)39-26-28-41-42-22-13-23-43(48(42)56-47(41)32-39)51-53-49(35-18-9-3-10-19-35)52-50(54-51)36-20-11-4-12-21-36/h1-32,51H/q-1. The summed E-state index contributed by atoms with van der Waals surface area (Å²) in [5.74, 6) is 1.30. The van der Waals surface area contributed by atoms with Gasteiger partial charge in [0.1, 0.15) is 11.2 Å². The van der Waals surface area contributed by atoms with E-state index in [-0.39, 0.29) is 0 Å². The molecule has 1 aliphatic rings. The summed E-state index contributed by atoms with van der Waals surface area (Å²) in [6.07, 6.45) is -0.533. The molecule has 0 saturated heterocycles. The fourth-order valence-electron chi connectivity index (χ4n) is 8.08. The van der Waals surface area contributed by atoms with Gasteiger partial charge in [-0.2, -0.15) is 0 Å². The number of rotatable bonds is 6. The molecular weight excluding hydrogens is 685 g/mol. The second kappa shape index (κ2) is 13.1. The molecule has 0 aliphatic carbocycles. The first-order valence-corrected chi connectivity index (χ1v) is 18.9. The zero-order chi connectivity index (χ0) is 37.0. The molecule has 3 heterocycles. The van der Waals surface area contributed by atoms with E-state index in [1.54, 1.807) is 0 Å². The molecule has 0 radical (unpaired) electrons. The lowest BCUT2D eigenvalue weighted by atomic mass is 10.0. The molecule has 1 unspecified atom stereocenters. The average molecular weight is 718 g/mol. The van der Waals surface area contributed by atoms with Gasteiger partial charge >= 0.3 is 0 Å². The van der Waals surface area contributed by atoms with Gasteiger partial charge in [0.25, 0.3) is 0 Å². The molecule has 0 saturated carbocycles. The summed E-state index contributed by atoms with van der Waals surface area (Å²) < 4.78 is 9.24. The third-order valence-electron chi connectivity index (χ3n) is 10.8. The van der Waals surface area contributed by atoms with Crippen LogP contribution in [0.4, 0.5) is 0 Å². The summed E-state index contributed by atoms with van der Waals surface area (Å²) in [5, 5.41) is 9.58. The van der Waals surface area contributed by atoms with E-state index in [1.165, 1.54) is 33.0 Å². The third-order valence-corrected chi connectivity index (χ3v) is 10.8. The molecule has 10 aromatic rings. The number of nitrogens with zero attached hydrogens (tertiary/aromatic N) is 4. The Hall–Kier alpha value is -7.50. The molecular formula is C51H33N4O-. The van der Waals surface area contributed by atoms with Gasteiger partial charge in [-0.05, 0) is 63.7 Å². The van der Waals surface area contributed by atoms with Crippen LogP contribution in [0.3, 0.4) is 0 Å². The summed E-state index contributed by atoms with van der Waals surface area (Å²) >= 11 is 0. The van der Waals surface area contributed by atoms with Crippen LogP contribution in [0, 0.1) is 0 Å². The van der Waals surface area contributed by atoms with Gasteiger partial charge in [0, 0.05) is 38.9 Å². The van der Waals surface area contributed by atoms with E-state index in [4.69, 9.17) is 19.7 Å². The Kier molecular flexibility index (Phi) is 7.49. The van der Waals surface area contributed by atoms with Crippen LogP contribution in [0.1, 0.15) is 22.9 Å². The monoisotopic (exact) mass is 717 g/mol. The lowest BCUT2D eigenvalue weighted by Gasteiger charge is -2.32. The molecule has 11 rings (SSSR count). The predicted molar refractivity (Wildman–Crippen MR) is 231 cm³/mol. The first-order chi connectivity index (χ1) is 27.7. The molecule has 2 aromatic heterocycles. The largest absolute Gasteiger partial charge is 0.456 e. The molecule has 1 atom stereocenters. The highest BCUT2D eigenvalue weighted by Crippen LogP contribution is 2.41. The summed E-state index contributed by atoms with van der Waals surface area (Å²) in [7, 11) is 0. The predicted octanol–water partition coefficient (Wildman–Crippen LogP) is 13.3. The molecule has 0 amide bonds. The molecule has 0 N–H and O–H groups in total. The van der Waals surface area contributed by atoms with Gasteiger partial charge in [0.2, 0.25) is 0 Å². The van der Waals surface area contributed by atoms with Gasteiger partial charge in [0.05, 0.1) is 23.0 Å².